The average molecular weight is 331 g/mol. The number of rotatable bonds is 7. The summed E-state index contributed by atoms with van der Waals surface area (Å²) in [6.45, 7) is 3.07. The summed E-state index contributed by atoms with van der Waals surface area (Å²) in [4.78, 5) is 21.4. The van der Waals surface area contributed by atoms with Gasteiger partial charge in [0.2, 0.25) is 0 Å². The zero-order valence-corrected chi connectivity index (χ0v) is 12.1. The molecule has 19 heavy (non-hydrogen) atoms. The molecule has 0 saturated carbocycles. The van der Waals surface area contributed by atoms with E-state index in [1.807, 2.05) is 0 Å². The van der Waals surface area contributed by atoms with Gasteiger partial charge < -0.3 is 10.1 Å². The van der Waals surface area contributed by atoms with Crippen molar-refractivity contribution in [3.05, 3.63) is 38.3 Å². The normalized spacial score (nSPS) is 10.2. The Morgan fingerprint density at radius 2 is 2.26 bits per heavy atom. The van der Waals surface area contributed by atoms with Gasteiger partial charge >= 0.3 is 5.97 Å². The van der Waals surface area contributed by atoms with Crippen LogP contribution in [0, 0.1) is 10.1 Å². The highest BCUT2D eigenvalue weighted by Gasteiger charge is 2.12. The first-order valence-corrected chi connectivity index (χ1v) is 6.63. The monoisotopic (exact) mass is 330 g/mol. The number of hydrogen-bond donors (Lipinski definition) is 1. The van der Waals surface area contributed by atoms with Gasteiger partial charge in [0.25, 0.3) is 5.69 Å². The molecule has 1 aromatic carbocycles. The summed E-state index contributed by atoms with van der Waals surface area (Å²) in [5, 5.41) is 13.8. The lowest BCUT2D eigenvalue weighted by Gasteiger charge is -2.05. The Morgan fingerprint density at radius 3 is 2.89 bits per heavy atom. The average Bonchev–Trinajstić information content (AvgIpc) is 2.36. The standard InChI is InChI=1S/C12H15BrN2O4/c1-2-19-12(16)5-6-14-8-9-3-4-10(13)11(7-9)15(17)18/h3-4,7,14H,2,5-6,8H2,1H3. The van der Waals surface area contributed by atoms with Gasteiger partial charge in [0, 0.05) is 19.2 Å². The second kappa shape index (κ2) is 7.85. The maximum Gasteiger partial charge on any atom is 0.307 e. The predicted octanol–water partition coefficient (Wildman–Crippen LogP) is 2.40. The molecule has 7 heteroatoms. The Bertz CT molecular complexity index is 465. The van der Waals surface area contributed by atoms with Crippen molar-refractivity contribution in [1.29, 1.82) is 0 Å². The second-order valence-electron chi connectivity index (χ2n) is 3.77. The van der Waals surface area contributed by atoms with Crippen LogP contribution in [0.2, 0.25) is 0 Å². The molecule has 6 nitrogen and oxygen atoms in total. The van der Waals surface area contributed by atoms with Crippen molar-refractivity contribution < 1.29 is 14.5 Å². The second-order valence-corrected chi connectivity index (χ2v) is 4.63. The first-order chi connectivity index (χ1) is 9.04. The van der Waals surface area contributed by atoms with Crippen molar-refractivity contribution in [2.24, 2.45) is 0 Å². The van der Waals surface area contributed by atoms with Gasteiger partial charge in [0.1, 0.15) is 0 Å². The number of carbonyl (C=O) groups excluding carboxylic acids is 1. The number of ether oxygens (including phenoxy) is 1. The van der Waals surface area contributed by atoms with Crippen molar-refractivity contribution in [2.45, 2.75) is 19.9 Å². The molecule has 0 aliphatic heterocycles. The number of esters is 1. The summed E-state index contributed by atoms with van der Waals surface area (Å²) in [6, 6.07) is 4.93. The molecule has 0 aliphatic carbocycles. The van der Waals surface area contributed by atoms with Crippen molar-refractivity contribution in [1.82, 2.24) is 5.32 Å². The molecule has 0 heterocycles. The molecule has 0 spiro atoms. The van der Waals surface area contributed by atoms with Crippen molar-refractivity contribution in [3.8, 4) is 0 Å². The van der Waals surface area contributed by atoms with Crippen LogP contribution in [0.4, 0.5) is 5.69 Å². The molecule has 104 valence electrons. The summed E-state index contributed by atoms with van der Waals surface area (Å²) in [5.41, 5.74) is 0.823. The van der Waals surface area contributed by atoms with Crippen LogP contribution in [0.5, 0.6) is 0 Å². The molecule has 0 amide bonds. The van der Waals surface area contributed by atoms with Gasteiger partial charge in [-0.05, 0) is 34.5 Å². The number of nitrogens with one attached hydrogen (secondary N) is 1. The molecule has 1 rings (SSSR count). The molecule has 0 fully saturated rings. The minimum absolute atomic E-state index is 0.0321. The highest BCUT2D eigenvalue weighted by molar-refractivity contribution is 9.10. The van der Waals surface area contributed by atoms with E-state index in [4.69, 9.17) is 4.74 Å². The third-order valence-electron chi connectivity index (χ3n) is 2.35. The third kappa shape index (κ3) is 5.35. The predicted molar refractivity (Wildman–Crippen MR) is 73.8 cm³/mol. The van der Waals surface area contributed by atoms with Crippen LogP contribution in [0.1, 0.15) is 18.9 Å². The van der Waals surface area contributed by atoms with Gasteiger partial charge in [0.15, 0.2) is 0 Å². The van der Waals surface area contributed by atoms with Crippen LogP contribution >= 0.6 is 15.9 Å². The van der Waals surface area contributed by atoms with E-state index in [0.717, 1.165) is 5.56 Å². The fourth-order valence-corrected chi connectivity index (χ4v) is 1.86. The maximum atomic E-state index is 11.1. The van der Waals surface area contributed by atoms with E-state index < -0.39 is 4.92 Å². The fraction of sp³-hybridized carbons (Fsp3) is 0.417. The minimum Gasteiger partial charge on any atom is -0.466 e. The van der Waals surface area contributed by atoms with Crippen molar-refractivity contribution in [2.75, 3.05) is 13.2 Å². The highest BCUT2D eigenvalue weighted by atomic mass is 79.9. The molecule has 0 aliphatic rings. The van der Waals surface area contributed by atoms with Gasteiger partial charge in [-0.15, -0.1) is 0 Å². The number of nitro groups is 1. The molecular formula is C12H15BrN2O4. The molecule has 0 radical (unpaired) electrons. The van der Waals surface area contributed by atoms with Gasteiger partial charge in [0.05, 0.1) is 22.4 Å². The Kier molecular flexibility index (Phi) is 6.44. The summed E-state index contributed by atoms with van der Waals surface area (Å²) >= 11 is 3.13. The molecule has 0 bridgehead atoms. The molecule has 0 aromatic heterocycles. The molecule has 0 saturated heterocycles. The van der Waals surface area contributed by atoms with E-state index in [9.17, 15) is 14.9 Å². The van der Waals surface area contributed by atoms with E-state index in [1.165, 1.54) is 6.07 Å². The van der Waals surface area contributed by atoms with Crippen molar-refractivity contribution >= 4 is 27.6 Å². The lowest BCUT2D eigenvalue weighted by molar-refractivity contribution is -0.385. The number of halogens is 1. The van der Waals surface area contributed by atoms with Crippen LogP contribution in [0.3, 0.4) is 0 Å². The SMILES string of the molecule is CCOC(=O)CCNCc1ccc(Br)c([N+](=O)[O-])c1. The van der Waals surface area contributed by atoms with Crippen LogP contribution < -0.4 is 5.32 Å². The Labute approximate surface area is 119 Å². The summed E-state index contributed by atoms with van der Waals surface area (Å²) in [5.74, 6) is -0.253. The van der Waals surface area contributed by atoms with Gasteiger partial charge in [-0.3, -0.25) is 14.9 Å². The van der Waals surface area contributed by atoms with E-state index in [1.54, 1.807) is 19.1 Å². The molecule has 1 N–H and O–H groups in total. The molecule has 0 unspecified atom stereocenters. The maximum absolute atomic E-state index is 11.1. The van der Waals surface area contributed by atoms with Crippen LogP contribution in [-0.4, -0.2) is 24.0 Å². The zero-order valence-electron chi connectivity index (χ0n) is 10.5. The minimum atomic E-state index is -0.438. The number of carbonyl (C=O) groups is 1. The first-order valence-electron chi connectivity index (χ1n) is 5.83. The summed E-state index contributed by atoms with van der Waals surface area (Å²) < 4.78 is 5.24. The lowest BCUT2D eigenvalue weighted by Crippen LogP contribution is -2.19. The Balaban J connectivity index is 2.44. The quantitative estimate of drug-likeness (QED) is 0.359. The number of benzene rings is 1. The van der Waals surface area contributed by atoms with E-state index >= 15 is 0 Å². The Morgan fingerprint density at radius 1 is 1.53 bits per heavy atom. The zero-order chi connectivity index (χ0) is 14.3. The van der Waals surface area contributed by atoms with Gasteiger partial charge in [-0.25, -0.2) is 0 Å². The van der Waals surface area contributed by atoms with Crippen LogP contribution in [-0.2, 0) is 16.1 Å². The van der Waals surface area contributed by atoms with E-state index in [2.05, 4.69) is 21.2 Å². The van der Waals surface area contributed by atoms with Gasteiger partial charge in [-0.2, -0.15) is 0 Å². The lowest BCUT2D eigenvalue weighted by atomic mass is 10.2. The first kappa shape index (κ1) is 15.6. The van der Waals surface area contributed by atoms with Crippen LogP contribution in [0.15, 0.2) is 22.7 Å². The molecular weight excluding hydrogens is 316 g/mol. The fourth-order valence-electron chi connectivity index (χ4n) is 1.46. The van der Waals surface area contributed by atoms with Crippen LogP contribution in [0.25, 0.3) is 0 Å². The van der Waals surface area contributed by atoms with E-state index in [-0.39, 0.29) is 18.1 Å². The van der Waals surface area contributed by atoms with Crippen molar-refractivity contribution in [3.63, 3.8) is 0 Å². The Hall–Kier alpha value is -1.47. The molecule has 1 aromatic rings. The smallest absolute Gasteiger partial charge is 0.307 e. The third-order valence-corrected chi connectivity index (χ3v) is 3.02. The number of nitrogens with zero attached hydrogens (tertiary/aromatic N) is 1. The summed E-state index contributed by atoms with van der Waals surface area (Å²) in [7, 11) is 0. The number of hydrogen-bond acceptors (Lipinski definition) is 5. The van der Waals surface area contributed by atoms with Gasteiger partial charge in [-0.1, -0.05) is 6.07 Å². The molecule has 0 atom stereocenters. The summed E-state index contributed by atoms with van der Waals surface area (Å²) in [6.07, 6.45) is 0.284. The highest BCUT2D eigenvalue weighted by Crippen LogP contribution is 2.25. The largest absolute Gasteiger partial charge is 0.466 e. The number of nitro benzene ring substituents is 1. The van der Waals surface area contributed by atoms with E-state index in [0.29, 0.717) is 24.2 Å². The topological polar surface area (TPSA) is 81.5 Å².